The minimum Gasteiger partial charge on any atom is -0.494 e. The number of amides is 1. The highest BCUT2D eigenvalue weighted by Crippen LogP contribution is 2.37. The van der Waals surface area contributed by atoms with Gasteiger partial charge < -0.3 is 9.30 Å². The van der Waals surface area contributed by atoms with Crippen LogP contribution >= 0.6 is 24.0 Å². The number of nitrogens with zero attached hydrogens (tertiary/aromatic N) is 2. The molecule has 34 heavy (non-hydrogen) atoms. The smallest absolute Gasteiger partial charge is 0.270 e. The Hall–Kier alpha value is -3.42. The molecule has 170 valence electrons. The second-order valence-corrected chi connectivity index (χ2v) is 9.48. The van der Waals surface area contributed by atoms with Crippen molar-refractivity contribution in [2.45, 2.75) is 13.5 Å². The molecule has 1 aromatic heterocycles. The Bertz CT molecular complexity index is 1410. The van der Waals surface area contributed by atoms with Gasteiger partial charge in [-0.3, -0.25) is 9.69 Å². The number of benzene rings is 3. The molecule has 0 atom stereocenters. The van der Waals surface area contributed by atoms with E-state index >= 15 is 0 Å². The predicted octanol–water partition coefficient (Wildman–Crippen LogP) is 6.63. The van der Waals surface area contributed by atoms with Crippen LogP contribution in [0.15, 0.2) is 83.9 Å². The van der Waals surface area contributed by atoms with E-state index in [-0.39, 0.29) is 11.7 Å². The molecule has 0 spiro atoms. The van der Waals surface area contributed by atoms with Gasteiger partial charge >= 0.3 is 0 Å². The highest BCUT2D eigenvalue weighted by Gasteiger charge is 2.33. The van der Waals surface area contributed by atoms with Crippen LogP contribution in [-0.2, 0) is 11.3 Å². The van der Waals surface area contributed by atoms with Crippen LogP contribution in [0.5, 0.6) is 5.75 Å². The Balaban J connectivity index is 1.46. The van der Waals surface area contributed by atoms with Crippen molar-refractivity contribution in [2.24, 2.45) is 0 Å². The molecule has 0 unspecified atom stereocenters. The molecular weight excluding hydrogens is 467 g/mol. The SMILES string of the molecule is CCOc1ccc(N2C(=O)/C(=C/c3cn(Cc4ccc(F)cc4)c4ccccc34)SC2=S)cc1. The summed E-state index contributed by atoms with van der Waals surface area (Å²) in [5, 5.41) is 1.04. The topological polar surface area (TPSA) is 34.5 Å². The summed E-state index contributed by atoms with van der Waals surface area (Å²) in [7, 11) is 0. The lowest BCUT2D eigenvalue weighted by atomic mass is 10.1. The molecule has 1 fully saturated rings. The molecule has 1 saturated heterocycles. The van der Waals surface area contributed by atoms with E-state index in [0.29, 0.717) is 28.1 Å². The van der Waals surface area contributed by atoms with Crippen molar-refractivity contribution in [2.75, 3.05) is 11.5 Å². The predicted molar refractivity (Wildman–Crippen MR) is 141 cm³/mol. The molecule has 4 aromatic rings. The van der Waals surface area contributed by atoms with Crippen molar-refractivity contribution in [3.8, 4) is 5.75 Å². The van der Waals surface area contributed by atoms with Crippen LogP contribution in [0.25, 0.3) is 17.0 Å². The van der Waals surface area contributed by atoms with Gasteiger partial charge in [0, 0.05) is 29.2 Å². The molecule has 5 rings (SSSR count). The molecule has 4 nitrogen and oxygen atoms in total. The molecule has 1 aliphatic heterocycles. The highest BCUT2D eigenvalue weighted by molar-refractivity contribution is 8.27. The Morgan fingerprint density at radius 2 is 1.76 bits per heavy atom. The van der Waals surface area contributed by atoms with Crippen LogP contribution < -0.4 is 9.64 Å². The molecule has 0 aliphatic carbocycles. The number of rotatable bonds is 6. The third-order valence-electron chi connectivity index (χ3n) is 5.57. The Labute approximate surface area is 206 Å². The maximum absolute atomic E-state index is 13.3. The van der Waals surface area contributed by atoms with E-state index in [1.165, 1.54) is 23.9 Å². The first-order chi connectivity index (χ1) is 16.5. The molecular formula is C27H21FN2O2S2. The largest absolute Gasteiger partial charge is 0.494 e. The third-order valence-corrected chi connectivity index (χ3v) is 6.87. The van der Waals surface area contributed by atoms with E-state index in [1.54, 1.807) is 17.0 Å². The molecule has 0 bridgehead atoms. The number of ether oxygens (including phenoxy) is 1. The standard InChI is InChI=1S/C27H21FN2O2S2/c1-2-32-22-13-11-21(12-14-22)30-26(31)25(34-27(30)33)15-19-17-29(24-6-4-3-5-23(19)24)16-18-7-9-20(28)10-8-18/h3-15,17H,2,16H2,1H3/b25-15-. The first-order valence-corrected chi connectivity index (χ1v) is 12.1. The van der Waals surface area contributed by atoms with E-state index in [9.17, 15) is 9.18 Å². The number of hydrogen-bond donors (Lipinski definition) is 0. The quantitative estimate of drug-likeness (QED) is 0.225. The number of fused-ring (bicyclic) bond motifs is 1. The molecule has 3 aromatic carbocycles. The van der Waals surface area contributed by atoms with Crippen molar-refractivity contribution >= 4 is 56.9 Å². The second-order valence-electron chi connectivity index (χ2n) is 7.80. The van der Waals surface area contributed by atoms with E-state index in [0.717, 1.165) is 27.8 Å². The van der Waals surface area contributed by atoms with E-state index in [1.807, 2.05) is 67.7 Å². The van der Waals surface area contributed by atoms with Gasteiger partial charge in [0.2, 0.25) is 0 Å². The minimum atomic E-state index is -0.253. The number of carbonyl (C=O) groups is 1. The normalized spacial score (nSPS) is 15.0. The van der Waals surface area contributed by atoms with Crippen LogP contribution in [-0.4, -0.2) is 21.4 Å². The molecule has 1 amide bonds. The van der Waals surface area contributed by atoms with Crippen molar-refractivity contribution in [1.82, 2.24) is 4.57 Å². The van der Waals surface area contributed by atoms with Crippen LogP contribution in [0.1, 0.15) is 18.1 Å². The van der Waals surface area contributed by atoms with E-state index < -0.39 is 0 Å². The summed E-state index contributed by atoms with van der Waals surface area (Å²) >= 11 is 6.83. The first-order valence-electron chi connectivity index (χ1n) is 10.9. The summed E-state index contributed by atoms with van der Waals surface area (Å²) in [4.78, 5) is 15.4. The number of aromatic nitrogens is 1. The maximum atomic E-state index is 13.3. The number of carbonyl (C=O) groups excluding carboxylic acids is 1. The van der Waals surface area contributed by atoms with Crippen molar-refractivity contribution in [3.05, 3.63) is 101 Å². The Morgan fingerprint density at radius 3 is 2.50 bits per heavy atom. The number of halogens is 1. The maximum Gasteiger partial charge on any atom is 0.270 e. The van der Waals surface area contributed by atoms with Gasteiger partial charge in [-0.2, -0.15) is 0 Å². The number of para-hydroxylation sites is 1. The zero-order valence-corrected chi connectivity index (χ0v) is 20.0. The number of hydrogen-bond acceptors (Lipinski definition) is 4. The summed E-state index contributed by atoms with van der Waals surface area (Å²) in [6, 6.07) is 21.9. The average molecular weight is 489 g/mol. The van der Waals surface area contributed by atoms with Gasteiger partial charge in [0.25, 0.3) is 5.91 Å². The zero-order chi connectivity index (χ0) is 23.7. The zero-order valence-electron chi connectivity index (χ0n) is 18.4. The summed E-state index contributed by atoms with van der Waals surface area (Å²) in [6.07, 6.45) is 3.93. The van der Waals surface area contributed by atoms with Crippen molar-refractivity contribution in [1.29, 1.82) is 0 Å². The third kappa shape index (κ3) is 4.36. The van der Waals surface area contributed by atoms with E-state index in [4.69, 9.17) is 17.0 Å². The number of anilines is 1. The summed E-state index contributed by atoms with van der Waals surface area (Å²) in [5.74, 6) is 0.354. The highest BCUT2D eigenvalue weighted by atomic mass is 32.2. The Kier molecular flexibility index (Phi) is 6.22. The van der Waals surface area contributed by atoms with Gasteiger partial charge in [-0.15, -0.1) is 0 Å². The lowest BCUT2D eigenvalue weighted by Gasteiger charge is -2.15. The van der Waals surface area contributed by atoms with Crippen LogP contribution in [0, 0.1) is 5.82 Å². The molecule has 0 N–H and O–H groups in total. The molecule has 0 saturated carbocycles. The molecule has 7 heteroatoms. The van der Waals surface area contributed by atoms with Crippen molar-refractivity contribution in [3.63, 3.8) is 0 Å². The fourth-order valence-corrected chi connectivity index (χ4v) is 5.29. The lowest BCUT2D eigenvalue weighted by Crippen LogP contribution is -2.27. The van der Waals surface area contributed by atoms with Crippen LogP contribution in [0.2, 0.25) is 0 Å². The molecule has 0 radical (unpaired) electrons. The summed E-state index contributed by atoms with van der Waals surface area (Å²) < 4.78 is 21.4. The fraction of sp³-hybridized carbons (Fsp3) is 0.111. The van der Waals surface area contributed by atoms with Gasteiger partial charge in [0.05, 0.1) is 17.2 Å². The van der Waals surface area contributed by atoms with Crippen LogP contribution in [0.4, 0.5) is 10.1 Å². The van der Waals surface area contributed by atoms with Gasteiger partial charge in [-0.1, -0.05) is 54.3 Å². The molecule has 1 aliphatic rings. The van der Waals surface area contributed by atoms with E-state index in [2.05, 4.69) is 4.57 Å². The summed E-state index contributed by atoms with van der Waals surface area (Å²) in [6.45, 7) is 3.11. The monoisotopic (exact) mass is 488 g/mol. The van der Waals surface area contributed by atoms with Gasteiger partial charge in [0.15, 0.2) is 4.32 Å². The average Bonchev–Trinajstić information content (AvgIpc) is 3.32. The summed E-state index contributed by atoms with van der Waals surface area (Å²) in [5.41, 5.74) is 3.69. The first kappa shape index (κ1) is 22.4. The number of thiocarbonyl (C=S) groups is 1. The fourth-order valence-electron chi connectivity index (χ4n) is 4.00. The van der Waals surface area contributed by atoms with Crippen LogP contribution in [0.3, 0.4) is 0 Å². The van der Waals surface area contributed by atoms with Gasteiger partial charge in [0.1, 0.15) is 11.6 Å². The Morgan fingerprint density at radius 1 is 1.03 bits per heavy atom. The van der Waals surface area contributed by atoms with Gasteiger partial charge in [-0.05, 0) is 61.0 Å². The van der Waals surface area contributed by atoms with Gasteiger partial charge in [-0.25, -0.2) is 4.39 Å². The lowest BCUT2D eigenvalue weighted by molar-refractivity contribution is -0.113. The minimum absolute atomic E-state index is 0.144. The molecule has 2 heterocycles. The second kappa shape index (κ2) is 9.44. The van der Waals surface area contributed by atoms with Crippen molar-refractivity contribution < 1.29 is 13.9 Å². The number of thioether (sulfide) groups is 1.